The maximum Gasteiger partial charge on any atom is 0.190 e. The number of fused-ring (bicyclic) bond motifs is 2. The van der Waals surface area contributed by atoms with Crippen molar-refractivity contribution in [1.29, 1.82) is 10.5 Å². The van der Waals surface area contributed by atoms with Gasteiger partial charge in [-0.2, -0.15) is 15.6 Å². The van der Waals surface area contributed by atoms with Gasteiger partial charge in [-0.1, -0.05) is 0 Å². The van der Waals surface area contributed by atoms with E-state index in [1.165, 1.54) is 33.3 Å². The number of hydrogen-bond donors (Lipinski definition) is 0. The van der Waals surface area contributed by atoms with E-state index < -0.39 is 11.7 Å². The molecule has 0 bridgehead atoms. The van der Waals surface area contributed by atoms with E-state index in [1.807, 2.05) is 6.07 Å². The van der Waals surface area contributed by atoms with Gasteiger partial charge in [0.05, 0.1) is 40.6 Å². The highest BCUT2D eigenvalue weighted by Crippen LogP contribution is 2.47. The number of halogens is 2. The molecule has 0 radical (unpaired) electrons. The Kier molecular flexibility index (Phi) is 6.91. The van der Waals surface area contributed by atoms with E-state index in [1.54, 1.807) is 29.1 Å². The van der Waals surface area contributed by atoms with Gasteiger partial charge in [-0.05, 0) is 46.3 Å². The van der Waals surface area contributed by atoms with Gasteiger partial charge >= 0.3 is 0 Å². The fourth-order valence-corrected chi connectivity index (χ4v) is 4.40. The summed E-state index contributed by atoms with van der Waals surface area (Å²) >= 11 is 3.63. The summed E-state index contributed by atoms with van der Waals surface area (Å²) in [6.45, 7) is 1.75. The Bertz CT molecular complexity index is 1160. The van der Waals surface area contributed by atoms with Crippen LogP contribution in [0, 0.1) is 28.5 Å². The minimum atomic E-state index is -1.10. The molecule has 3 aromatic rings. The van der Waals surface area contributed by atoms with Crippen LogP contribution in [0.3, 0.4) is 0 Å². The molecule has 1 aromatic heterocycles. The van der Waals surface area contributed by atoms with Crippen LogP contribution in [0.15, 0.2) is 41.0 Å². The van der Waals surface area contributed by atoms with Crippen molar-refractivity contribution in [3.8, 4) is 23.6 Å². The fraction of sp³-hybridized carbons (Fsp3) is 0.318. The van der Waals surface area contributed by atoms with Crippen LogP contribution in [-0.2, 0) is 9.47 Å². The number of benzene rings is 2. The number of aromatic nitrogens is 2. The minimum absolute atomic E-state index is 0.316. The molecule has 7 nitrogen and oxygen atoms in total. The molecule has 1 aliphatic rings. The van der Waals surface area contributed by atoms with E-state index in [2.05, 4.69) is 27.1 Å². The van der Waals surface area contributed by atoms with E-state index in [9.17, 15) is 9.65 Å². The Balaban J connectivity index is 0.000000858. The van der Waals surface area contributed by atoms with Gasteiger partial charge in [-0.15, -0.1) is 0 Å². The molecule has 0 N–H and O–H groups in total. The second kappa shape index (κ2) is 9.44. The smallest absolute Gasteiger partial charge is 0.190 e. The maximum absolute atomic E-state index is 13.3. The highest BCUT2D eigenvalue weighted by atomic mass is 79.9. The predicted octanol–water partition coefficient (Wildman–Crippen LogP) is 4.84. The molecule has 31 heavy (non-hydrogen) atoms. The van der Waals surface area contributed by atoms with Gasteiger partial charge in [0, 0.05) is 38.5 Å². The van der Waals surface area contributed by atoms with Crippen LogP contribution in [0.25, 0.3) is 16.6 Å². The van der Waals surface area contributed by atoms with Crippen LogP contribution < -0.4 is 4.74 Å². The van der Waals surface area contributed by atoms with Gasteiger partial charge in [0.15, 0.2) is 5.79 Å². The first-order valence-corrected chi connectivity index (χ1v) is 10.1. The molecule has 1 atom stereocenters. The summed E-state index contributed by atoms with van der Waals surface area (Å²) in [5, 5.41) is 22.5. The molecule has 160 valence electrons. The molecule has 0 amide bonds. The van der Waals surface area contributed by atoms with E-state index in [4.69, 9.17) is 19.5 Å². The standard InChI is InChI=1S/C20H17BrFN3O3.C2H3N/c1-26-20(27-2)7-8-28-19-15(16(20)10-23)9-12-11-24-25(18(12)17(19)21)14-5-3-13(22)4-6-14;1-2-3/h3-6,9,11,16H,7-8H2,1-2H3;1H3. The SMILES string of the molecule is CC#N.COC1(OC)CCOc2c(cc3cnn(-c4ccc(F)cc4)c3c2Br)C1C#N. The summed E-state index contributed by atoms with van der Waals surface area (Å²) in [4.78, 5) is 0. The average molecular weight is 487 g/mol. The molecular formula is C22H20BrFN4O3. The number of nitrogens with zero attached hydrogens (tertiary/aromatic N) is 4. The van der Waals surface area contributed by atoms with Crippen molar-refractivity contribution in [2.75, 3.05) is 20.8 Å². The zero-order chi connectivity index (χ0) is 22.6. The van der Waals surface area contributed by atoms with Gasteiger partial charge in [-0.25, -0.2) is 9.07 Å². The van der Waals surface area contributed by atoms with E-state index >= 15 is 0 Å². The van der Waals surface area contributed by atoms with Crippen LogP contribution in [-0.4, -0.2) is 36.4 Å². The van der Waals surface area contributed by atoms with Crippen LogP contribution in [0.4, 0.5) is 4.39 Å². The largest absolute Gasteiger partial charge is 0.492 e. The van der Waals surface area contributed by atoms with Crippen molar-refractivity contribution in [2.45, 2.75) is 25.0 Å². The van der Waals surface area contributed by atoms with Gasteiger partial charge in [-0.3, -0.25) is 0 Å². The van der Waals surface area contributed by atoms with Crippen LogP contribution in [0.2, 0.25) is 0 Å². The van der Waals surface area contributed by atoms with Gasteiger partial charge in [0.1, 0.15) is 17.5 Å². The lowest BCUT2D eigenvalue weighted by Crippen LogP contribution is -2.40. The number of hydrogen-bond acceptors (Lipinski definition) is 6. The van der Waals surface area contributed by atoms with Crippen molar-refractivity contribution in [3.63, 3.8) is 0 Å². The fourth-order valence-electron chi connectivity index (χ4n) is 3.66. The highest BCUT2D eigenvalue weighted by Gasteiger charge is 2.45. The molecule has 2 aromatic carbocycles. The molecular weight excluding hydrogens is 467 g/mol. The van der Waals surface area contributed by atoms with Gasteiger partial charge in [0.25, 0.3) is 0 Å². The van der Waals surface area contributed by atoms with Crippen LogP contribution in [0.5, 0.6) is 5.75 Å². The zero-order valence-electron chi connectivity index (χ0n) is 17.2. The molecule has 4 rings (SSSR count). The minimum Gasteiger partial charge on any atom is -0.492 e. The lowest BCUT2D eigenvalue weighted by atomic mass is 9.89. The summed E-state index contributed by atoms with van der Waals surface area (Å²) in [6.07, 6.45) is 2.10. The third-order valence-corrected chi connectivity index (χ3v) is 5.85. The quantitative estimate of drug-likeness (QED) is 0.491. The Morgan fingerprint density at radius 1 is 1.26 bits per heavy atom. The molecule has 0 fully saturated rings. The van der Waals surface area contributed by atoms with E-state index in [0.29, 0.717) is 34.5 Å². The van der Waals surface area contributed by atoms with Gasteiger partial charge < -0.3 is 14.2 Å². The van der Waals surface area contributed by atoms with Crippen molar-refractivity contribution >= 4 is 26.8 Å². The van der Waals surface area contributed by atoms with Crippen molar-refractivity contribution in [3.05, 3.63) is 52.4 Å². The zero-order valence-corrected chi connectivity index (χ0v) is 18.8. The first-order valence-electron chi connectivity index (χ1n) is 9.36. The normalized spacial score (nSPS) is 16.7. The van der Waals surface area contributed by atoms with Crippen molar-refractivity contribution in [2.24, 2.45) is 0 Å². The Morgan fingerprint density at radius 2 is 1.90 bits per heavy atom. The molecule has 2 heterocycles. The van der Waals surface area contributed by atoms with Crippen LogP contribution in [0.1, 0.15) is 24.8 Å². The van der Waals surface area contributed by atoms with Crippen LogP contribution >= 0.6 is 15.9 Å². The first kappa shape index (κ1) is 22.7. The Morgan fingerprint density at radius 3 is 2.48 bits per heavy atom. The topological polar surface area (TPSA) is 93.1 Å². The monoisotopic (exact) mass is 486 g/mol. The summed E-state index contributed by atoms with van der Waals surface area (Å²) < 4.78 is 32.9. The number of ether oxygens (including phenoxy) is 3. The summed E-state index contributed by atoms with van der Waals surface area (Å²) in [5.74, 6) is -1.54. The lowest BCUT2D eigenvalue weighted by Gasteiger charge is -2.33. The molecule has 0 saturated heterocycles. The average Bonchev–Trinajstić information content (AvgIpc) is 3.12. The summed E-state index contributed by atoms with van der Waals surface area (Å²) in [6, 6.07) is 12.0. The highest BCUT2D eigenvalue weighted by molar-refractivity contribution is 9.10. The van der Waals surface area contributed by atoms with Crippen molar-refractivity contribution < 1.29 is 18.6 Å². The summed E-state index contributed by atoms with van der Waals surface area (Å²) in [5.41, 5.74) is 2.15. The molecule has 1 unspecified atom stereocenters. The molecule has 9 heteroatoms. The third kappa shape index (κ3) is 4.00. The third-order valence-electron chi connectivity index (χ3n) is 5.12. The molecule has 0 aliphatic carbocycles. The van der Waals surface area contributed by atoms with Gasteiger partial charge in [0.2, 0.25) is 0 Å². The Labute approximate surface area is 187 Å². The molecule has 0 saturated carbocycles. The second-order valence-electron chi connectivity index (χ2n) is 6.68. The maximum atomic E-state index is 13.3. The summed E-state index contributed by atoms with van der Waals surface area (Å²) in [7, 11) is 3.05. The second-order valence-corrected chi connectivity index (χ2v) is 7.48. The molecule has 0 spiro atoms. The number of rotatable bonds is 3. The first-order chi connectivity index (χ1) is 15.0. The lowest BCUT2D eigenvalue weighted by molar-refractivity contribution is -0.217. The van der Waals surface area contributed by atoms with E-state index in [-0.39, 0.29) is 5.82 Å². The predicted molar refractivity (Wildman–Crippen MR) is 115 cm³/mol. The number of methoxy groups -OCH3 is 2. The van der Waals surface area contributed by atoms with E-state index in [0.717, 1.165) is 10.9 Å². The number of nitriles is 2. The van der Waals surface area contributed by atoms with Crippen molar-refractivity contribution in [1.82, 2.24) is 9.78 Å². The molecule has 1 aliphatic heterocycles. The Hall–Kier alpha value is -2.98.